The van der Waals surface area contributed by atoms with E-state index in [1.165, 1.54) is 24.8 Å². The molecule has 0 spiro atoms. The van der Waals surface area contributed by atoms with Crippen LogP contribution in [0, 0.1) is 0 Å². The summed E-state index contributed by atoms with van der Waals surface area (Å²) in [4.78, 5) is 0. The molecule has 0 saturated heterocycles. The van der Waals surface area contributed by atoms with E-state index in [1.807, 2.05) is 18.2 Å². The summed E-state index contributed by atoms with van der Waals surface area (Å²) < 4.78 is 73.5. The molecule has 0 heterocycles. The van der Waals surface area contributed by atoms with Crippen LogP contribution in [-0.4, -0.2) is 31.4 Å². The highest BCUT2D eigenvalue weighted by molar-refractivity contribution is 5.13. The van der Waals surface area contributed by atoms with Crippen molar-refractivity contribution in [1.29, 1.82) is 0 Å². The lowest BCUT2D eigenvalue weighted by Crippen LogP contribution is -2.36. The molecule has 0 N–H and O–H groups in total. The molecule has 0 aromatic heterocycles. The Morgan fingerprint density at radius 2 is 1.21 bits per heavy atom. The maximum atomic E-state index is 12.8. The molecule has 1 atom stereocenters. The Morgan fingerprint density at radius 1 is 0.706 bits per heavy atom. The van der Waals surface area contributed by atoms with Crippen molar-refractivity contribution in [3.05, 3.63) is 35.9 Å². The van der Waals surface area contributed by atoms with Gasteiger partial charge in [-0.05, 0) is 24.8 Å². The van der Waals surface area contributed by atoms with E-state index in [0.29, 0.717) is 19.6 Å². The number of hydrogen-bond acceptors (Lipinski definition) is 2. The molecule has 1 aromatic rings. The Labute approximate surface area is 202 Å². The second-order valence-corrected chi connectivity index (χ2v) is 9.10. The number of ether oxygens (including phenoxy) is 2. The summed E-state index contributed by atoms with van der Waals surface area (Å²) in [6.07, 6.45) is 5.60. The van der Waals surface area contributed by atoms with Crippen LogP contribution >= 0.6 is 0 Å². The van der Waals surface area contributed by atoms with E-state index >= 15 is 0 Å². The topological polar surface area (TPSA) is 18.5 Å². The molecule has 2 nitrogen and oxygen atoms in total. The molecule has 0 aliphatic rings. The minimum atomic E-state index is -5.42. The molecule has 1 rings (SSSR count). The minimum Gasteiger partial charge on any atom is -0.379 e. The molecular weight excluding hydrogens is 451 g/mol. The van der Waals surface area contributed by atoms with Crippen LogP contribution in [0.25, 0.3) is 0 Å². The minimum absolute atomic E-state index is 0.0734. The van der Waals surface area contributed by atoms with Gasteiger partial charge in [0.1, 0.15) is 0 Å². The van der Waals surface area contributed by atoms with Crippen molar-refractivity contribution >= 4 is 0 Å². The first-order chi connectivity index (χ1) is 16.3. The van der Waals surface area contributed by atoms with Gasteiger partial charge in [0.15, 0.2) is 0 Å². The molecule has 0 radical (unpaired) electrons. The molecule has 7 heteroatoms. The number of alkyl halides is 5. The van der Waals surface area contributed by atoms with Crippen molar-refractivity contribution < 1.29 is 31.4 Å². The highest BCUT2D eigenvalue weighted by Gasteiger charge is 2.56. The van der Waals surface area contributed by atoms with Crippen LogP contribution in [0.5, 0.6) is 0 Å². The van der Waals surface area contributed by atoms with Gasteiger partial charge in [-0.2, -0.15) is 22.0 Å². The summed E-state index contributed by atoms with van der Waals surface area (Å²) in [6.45, 7) is 4.12. The molecular formula is C27H43F5O2. The largest absolute Gasteiger partial charge is 0.453 e. The highest BCUT2D eigenvalue weighted by Crippen LogP contribution is 2.39. The van der Waals surface area contributed by atoms with E-state index in [0.717, 1.165) is 58.0 Å². The first-order valence-corrected chi connectivity index (χ1v) is 12.9. The molecule has 34 heavy (non-hydrogen) atoms. The zero-order valence-corrected chi connectivity index (χ0v) is 20.7. The Kier molecular flexibility index (Phi) is 16.4. The maximum absolute atomic E-state index is 12.8. The predicted molar refractivity (Wildman–Crippen MR) is 127 cm³/mol. The third-order valence-corrected chi connectivity index (χ3v) is 6.03. The molecule has 1 unspecified atom stereocenters. The maximum Gasteiger partial charge on any atom is 0.453 e. The normalized spacial score (nSPS) is 13.4. The van der Waals surface area contributed by atoms with Gasteiger partial charge in [-0.25, -0.2) is 0 Å². The molecule has 0 aliphatic heterocycles. The van der Waals surface area contributed by atoms with Crippen molar-refractivity contribution in [2.45, 2.75) is 122 Å². The van der Waals surface area contributed by atoms with E-state index in [-0.39, 0.29) is 12.5 Å². The Morgan fingerprint density at radius 3 is 1.71 bits per heavy atom. The van der Waals surface area contributed by atoms with Gasteiger partial charge in [0.25, 0.3) is 0 Å². The van der Waals surface area contributed by atoms with Gasteiger partial charge >= 0.3 is 12.1 Å². The van der Waals surface area contributed by atoms with Gasteiger partial charge in [-0.1, -0.05) is 101 Å². The standard InChI is InChI=1S/C27H43F5O2/c1-2-25(34-22-24-18-14-13-15-19-24)23-33-21-17-12-10-8-6-4-3-5-7-9-11-16-20-26(28,29)27(30,31)32/h13-15,18-19,25H,2-12,16-17,20-23H2,1H3. The fraction of sp³-hybridized carbons (Fsp3) is 0.778. The molecule has 0 saturated carbocycles. The molecule has 0 bridgehead atoms. The van der Waals surface area contributed by atoms with Crippen molar-refractivity contribution in [2.24, 2.45) is 0 Å². The highest BCUT2D eigenvalue weighted by atomic mass is 19.4. The Hall–Kier alpha value is -1.21. The van der Waals surface area contributed by atoms with Gasteiger partial charge in [0.2, 0.25) is 0 Å². The Balaban J connectivity index is 1.84. The number of unbranched alkanes of at least 4 members (excludes halogenated alkanes) is 11. The van der Waals surface area contributed by atoms with E-state index < -0.39 is 18.5 Å². The van der Waals surface area contributed by atoms with Gasteiger partial charge < -0.3 is 9.47 Å². The number of rotatable bonds is 21. The zero-order chi connectivity index (χ0) is 25.1. The first-order valence-electron chi connectivity index (χ1n) is 12.9. The number of halogens is 5. The van der Waals surface area contributed by atoms with Crippen molar-refractivity contribution in [1.82, 2.24) is 0 Å². The Bertz CT molecular complexity index is 592. The molecule has 0 fully saturated rings. The van der Waals surface area contributed by atoms with Gasteiger partial charge in [0.05, 0.1) is 19.3 Å². The number of benzene rings is 1. The summed E-state index contributed by atoms with van der Waals surface area (Å²) in [7, 11) is 0. The van der Waals surface area contributed by atoms with Crippen molar-refractivity contribution in [3.8, 4) is 0 Å². The third-order valence-electron chi connectivity index (χ3n) is 6.03. The number of hydrogen-bond donors (Lipinski definition) is 0. The van der Waals surface area contributed by atoms with Gasteiger partial charge in [-0.15, -0.1) is 0 Å². The summed E-state index contributed by atoms with van der Waals surface area (Å²) in [5, 5.41) is 0. The molecule has 0 aliphatic carbocycles. The average molecular weight is 495 g/mol. The average Bonchev–Trinajstić information content (AvgIpc) is 2.80. The van der Waals surface area contributed by atoms with E-state index in [1.54, 1.807) is 0 Å². The van der Waals surface area contributed by atoms with E-state index in [2.05, 4.69) is 19.1 Å². The predicted octanol–water partition coefficient (Wildman–Crippen LogP) is 9.27. The van der Waals surface area contributed by atoms with Crippen LogP contribution in [-0.2, 0) is 16.1 Å². The van der Waals surface area contributed by atoms with Crippen LogP contribution in [0.4, 0.5) is 22.0 Å². The lowest BCUT2D eigenvalue weighted by molar-refractivity contribution is -0.284. The van der Waals surface area contributed by atoms with Crippen LogP contribution in [0.3, 0.4) is 0 Å². The summed E-state index contributed by atoms with van der Waals surface area (Å²) in [5.41, 5.74) is 1.17. The fourth-order valence-electron chi connectivity index (χ4n) is 3.75. The summed E-state index contributed by atoms with van der Waals surface area (Å²) >= 11 is 0. The second kappa shape index (κ2) is 18.1. The molecule has 0 amide bonds. The van der Waals surface area contributed by atoms with Gasteiger partial charge in [0, 0.05) is 13.0 Å². The van der Waals surface area contributed by atoms with Crippen LogP contribution < -0.4 is 0 Å². The van der Waals surface area contributed by atoms with Crippen LogP contribution in [0.2, 0.25) is 0 Å². The quantitative estimate of drug-likeness (QED) is 0.125. The van der Waals surface area contributed by atoms with Crippen LogP contribution in [0.15, 0.2) is 30.3 Å². The molecule has 1 aromatic carbocycles. The fourth-order valence-corrected chi connectivity index (χ4v) is 3.75. The van der Waals surface area contributed by atoms with Crippen molar-refractivity contribution in [2.75, 3.05) is 13.2 Å². The van der Waals surface area contributed by atoms with Gasteiger partial charge in [-0.3, -0.25) is 0 Å². The van der Waals surface area contributed by atoms with E-state index in [4.69, 9.17) is 9.47 Å². The second-order valence-electron chi connectivity index (χ2n) is 9.10. The summed E-state index contributed by atoms with van der Waals surface area (Å²) in [6, 6.07) is 10.1. The first kappa shape index (κ1) is 30.8. The van der Waals surface area contributed by atoms with E-state index in [9.17, 15) is 22.0 Å². The smallest absolute Gasteiger partial charge is 0.379 e. The molecule has 198 valence electrons. The lowest BCUT2D eigenvalue weighted by atomic mass is 10.0. The third kappa shape index (κ3) is 14.9. The van der Waals surface area contributed by atoms with Crippen LogP contribution in [0.1, 0.15) is 102 Å². The SMILES string of the molecule is CCC(COCCCCCCCCCCCCCCC(F)(F)C(F)(F)F)OCc1ccccc1. The monoisotopic (exact) mass is 494 g/mol. The lowest BCUT2D eigenvalue weighted by Gasteiger charge is -2.19. The summed E-state index contributed by atoms with van der Waals surface area (Å²) in [5.74, 6) is -4.55. The zero-order valence-electron chi connectivity index (χ0n) is 20.7. The van der Waals surface area contributed by atoms with Crippen molar-refractivity contribution in [3.63, 3.8) is 0 Å².